The number of hydrogen-bond donors (Lipinski definition) is 0. The third-order valence-electron chi connectivity index (χ3n) is 4.46. The molecule has 1 aromatic heterocycles. The van der Waals surface area contributed by atoms with Crippen LogP contribution in [0.25, 0.3) is 11.4 Å². The van der Waals surface area contributed by atoms with Crippen LogP contribution in [0.3, 0.4) is 0 Å². The highest BCUT2D eigenvalue weighted by atomic mass is 35.5. The van der Waals surface area contributed by atoms with E-state index in [1.54, 1.807) is 42.5 Å². The van der Waals surface area contributed by atoms with Gasteiger partial charge in [0.05, 0.1) is 12.5 Å². The van der Waals surface area contributed by atoms with E-state index >= 15 is 0 Å². The average molecular weight is 435 g/mol. The van der Waals surface area contributed by atoms with Crippen LogP contribution in [0, 0.1) is 0 Å². The zero-order chi connectivity index (χ0) is 21.7. The summed E-state index contributed by atoms with van der Waals surface area (Å²) in [6.45, 7) is 0.257. The van der Waals surface area contributed by atoms with Gasteiger partial charge in [0.25, 0.3) is 0 Å². The Morgan fingerprint density at radius 2 is 1.83 bits per heavy atom. The quantitative estimate of drug-likeness (QED) is 0.471. The molecule has 0 N–H and O–H groups in total. The number of ether oxygens (including phenoxy) is 1. The molecule has 0 aliphatic carbocycles. The Kier molecular flexibility index (Phi) is 6.84. The Morgan fingerprint density at radius 3 is 2.43 bits per heavy atom. The number of hydrogen-bond acceptors (Lipinski definition) is 4. The molecular weight excluding hydrogens is 417 g/mol. The first-order chi connectivity index (χ1) is 14.3. The highest BCUT2D eigenvalue weighted by Gasteiger charge is 2.33. The van der Waals surface area contributed by atoms with Crippen LogP contribution in [0.4, 0.5) is 13.2 Å². The zero-order valence-corrected chi connectivity index (χ0v) is 16.7. The average Bonchev–Trinajstić information content (AvgIpc) is 2.72. The molecule has 8 heteroatoms. The highest BCUT2D eigenvalue weighted by Crippen LogP contribution is 2.30. The third kappa shape index (κ3) is 5.43. The molecule has 0 aliphatic rings. The molecule has 4 nitrogen and oxygen atoms in total. The third-order valence-corrected chi connectivity index (χ3v) is 4.69. The zero-order valence-electron chi connectivity index (χ0n) is 16.0. The Morgan fingerprint density at radius 1 is 1.10 bits per heavy atom. The summed E-state index contributed by atoms with van der Waals surface area (Å²) in [4.78, 5) is 19.2. The Balaban J connectivity index is 1.93. The van der Waals surface area contributed by atoms with Crippen LogP contribution in [-0.4, -0.2) is 30.0 Å². The van der Waals surface area contributed by atoms with Crippen molar-refractivity contribution in [2.24, 2.45) is 0 Å². The summed E-state index contributed by atoms with van der Waals surface area (Å²) in [6, 6.07) is 14.4. The molecule has 2 aromatic carbocycles. The molecule has 3 aromatic rings. The standard InChI is InChI=1S/C22H18ClF3N2O2/c1-30-13-17(12-29)15-7-5-14(6-8-15)9-19-11-20(22(24,25)26)28-21(27-19)16-3-2-4-18(23)10-16/h2-8,10-12,17H,9,13H2,1H3. The number of methoxy groups -OCH3 is 1. The van der Waals surface area contributed by atoms with Crippen molar-refractivity contribution in [3.05, 3.63) is 82.1 Å². The van der Waals surface area contributed by atoms with Gasteiger partial charge in [0.1, 0.15) is 12.0 Å². The van der Waals surface area contributed by atoms with Crippen LogP contribution in [-0.2, 0) is 22.1 Å². The second-order valence-electron chi connectivity index (χ2n) is 6.69. The summed E-state index contributed by atoms with van der Waals surface area (Å²) in [5, 5.41) is 0.381. The van der Waals surface area contributed by atoms with Crippen molar-refractivity contribution in [1.29, 1.82) is 0 Å². The largest absolute Gasteiger partial charge is 0.433 e. The monoisotopic (exact) mass is 434 g/mol. The first-order valence-electron chi connectivity index (χ1n) is 9.04. The number of nitrogens with zero attached hydrogens (tertiary/aromatic N) is 2. The molecule has 0 fully saturated rings. The lowest BCUT2D eigenvalue weighted by atomic mass is 9.98. The van der Waals surface area contributed by atoms with Gasteiger partial charge in [-0.25, -0.2) is 9.97 Å². The van der Waals surface area contributed by atoms with Crippen molar-refractivity contribution < 1.29 is 22.7 Å². The van der Waals surface area contributed by atoms with E-state index in [2.05, 4.69) is 9.97 Å². The van der Waals surface area contributed by atoms with E-state index in [4.69, 9.17) is 16.3 Å². The molecule has 0 bridgehead atoms. The second kappa shape index (κ2) is 9.36. The number of carbonyl (C=O) groups excluding carboxylic acids is 1. The summed E-state index contributed by atoms with van der Waals surface area (Å²) in [5.74, 6) is -0.436. The Bertz CT molecular complexity index is 1020. The van der Waals surface area contributed by atoms with Crippen LogP contribution in [0.5, 0.6) is 0 Å². The molecule has 0 radical (unpaired) electrons. The molecule has 0 aliphatic heterocycles. The van der Waals surface area contributed by atoms with Gasteiger partial charge < -0.3 is 9.53 Å². The SMILES string of the molecule is COCC(C=O)c1ccc(Cc2cc(C(F)(F)F)nc(-c3cccc(Cl)c3)n2)cc1. The minimum absolute atomic E-state index is 0.0416. The highest BCUT2D eigenvalue weighted by molar-refractivity contribution is 6.30. The van der Waals surface area contributed by atoms with Gasteiger partial charge in [0.15, 0.2) is 5.82 Å². The molecule has 1 unspecified atom stereocenters. The molecule has 30 heavy (non-hydrogen) atoms. The van der Waals surface area contributed by atoms with Crippen LogP contribution in [0.15, 0.2) is 54.6 Å². The van der Waals surface area contributed by atoms with Crippen molar-refractivity contribution in [2.45, 2.75) is 18.5 Å². The van der Waals surface area contributed by atoms with Crippen LogP contribution in [0.2, 0.25) is 5.02 Å². The van der Waals surface area contributed by atoms with Crippen LogP contribution < -0.4 is 0 Å². The lowest BCUT2D eigenvalue weighted by Gasteiger charge is -2.12. The number of rotatable bonds is 7. The molecule has 156 valence electrons. The van der Waals surface area contributed by atoms with Gasteiger partial charge >= 0.3 is 6.18 Å². The molecule has 0 saturated heterocycles. The van der Waals surface area contributed by atoms with Crippen LogP contribution in [0.1, 0.15) is 28.4 Å². The maximum Gasteiger partial charge on any atom is 0.433 e. The normalized spacial score (nSPS) is 12.6. The predicted molar refractivity (Wildman–Crippen MR) is 107 cm³/mol. The lowest BCUT2D eigenvalue weighted by Crippen LogP contribution is -2.11. The van der Waals surface area contributed by atoms with E-state index in [-0.39, 0.29) is 24.5 Å². The molecule has 0 saturated carbocycles. The molecule has 0 amide bonds. The lowest BCUT2D eigenvalue weighted by molar-refractivity contribution is -0.141. The number of carbonyl (C=O) groups is 1. The van der Waals surface area contributed by atoms with Crippen LogP contribution >= 0.6 is 11.6 Å². The van der Waals surface area contributed by atoms with Crippen molar-refractivity contribution in [3.63, 3.8) is 0 Å². The van der Waals surface area contributed by atoms with Crippen molar-refractivity contribution >= 4 is 17.9 Å². The van der Waals surface area contributed by atoms with Crippen molar-refractivity contribution in [2.75, 3.05) is 13.7 Å². The number of benzene rings is 2. The maximum absolute atomic E-state index is 13.4. The van der Waals surface area contributed by atoms with Gasteiger partial charge in [0, 0.05) is 29.8 Å². The van der Waals surface area contributed by atoms with Gasteiger partial charge in [-0.3, -0.25) is 0 Å². The number of aldehydes is 1. The van der Waals surface area contributed by atoms with Crippen molar-refractivity contribution in [3.8, 4) is 11.4 Å². The molecule has 1 atom stereocenters. The van der Waals surface area contributed by atoms with E-state index in [0.717, 1.165) is 23.5 Å². The number of alkyl halides is 3. The van der Waals surface area contributed by atoms with E-state index in [9.17, 15) is 18.0 Å². The summed E-state index contributed by atoms with van der Waals surface area (Å²) < 4.78 is 45.1. The van der Waals surface area contributed by atoms with E-state index in [1.807, 2.05) is 0 Å². The topological polar surface area (TPSA) is 52.1 Å². The fraction of sp³-hybridized carbons (Fsp3) is 0.227. The summed E-state index contributed by atoms with van der Waals surface area (Å²) in [6.07, 6.45) is -3.63. The fourth-order valence-corrected chi connectivity index (χ4v) is 3.17. The van der Waals surface area contributed by atoms with E-state index < -0.39 is 17.8 Å². The first kappa shape index (κ1) is 21.9. The minimum atomic E-state index is -4.60. The smallest absolute Gasteiger partial charge is 0.384 e. The van der Waals surface area contributed by atoms with Gasteiger partial charge in [-0.05, 0) is 29.3 Å². The molecule has 1 heterocycles. The Labute approximate surface area is 176 Å². The minimum Gasteiger partial charge on any atom is -0.384 e. The van der Waals surface area contributed by atoms with Gasteiger partial charge in [-0.2, -0.15) is 13.2 Å². The van der Waals surface area contributed by atoms with Gasteiger partial charge in [0.2, 0.25) is 0 Å². The maximum atomic E-state index is 13.4. The molecular formula is C22H18ClF3N2O2. The Hall–Kier alpha value is -2.77. The fourth-order valence-electron chi connectivity index (χ4n) is 2.98. The predicted octanol–water partition coefficient (Wildman–Crippen LogP) is 5.34. The summed E-state index contributed by atoms with van der Waals surface area (Å²) >= 11 is 5.96. The van der Waals surface area contributed by atoms with E-state index in [1.165, 1.54) is 13.2 Å². The second-order valence-corrected chi connectivity index (χ2v) is 7.13. The molecule has 0 spiro atoms. The first-order valence-corrected chi connectivity index (χ1v) is 9.42. The molecule has 3 rings (SSSR count). The number of aromatic nitrogens is 2. The van der Waals surface area contributed by atoms with Gasteiger partial charge in [-0.15, -0.1) is 0 Å². The van der Waals surface area contributed by atoms with Crippen molar-refractivity contribution in [1.82, 2.24) is 9.97 Å². The van der Waals surface area contributed by atoms with Gasteiger partial charge in [-0.1, -0.05) is 48.0 Å². The summed E-state index contributed by atoms with van der Waals surface area (Å²) in [5.41, 5.74) is 1.14. The summed E-state index contributed by atoms with van der Waals surface area (Å²) in [7, 11) is 1.51. The van der Waals surface area contributed by atoms with E-state index in [0.29, 0.717) is 10.6 Å². The number of halogens is 4.